The number of carbonyl (C=O) groups is 3. The van der Waals surface area contributed by atoms with E-state index >= 15 is 0 Å². The standard InChI is InChI=1S/C29H33N5O7S/c1-2-34-23(16-21-17-24-25(41-14-13-40-24)18-26(21)42(34,38)39)28(36)32-22(15-20-7-4-3-5-8-20)27(35)29(37)31-9-6-11-33-12-10-30-19-33/h3-5,7-8,10,12,17-19,22-23H,2,6,9,11,13-16H2,1H3,(H,31,37)(H,32,36)/t22-,23?/m0/s1. The molecular weight excluding hydrogens is 562 g/mol. The summed E-state index contributed by atoms with van der Waals surface area (Å²) in [5.41, 5.74) is 1.16. The first-order valence-electron chi connectivity index (χ1n) is 13.8. The van der Waals surface area contributed by atoms with Crippen LogP contribution in [0.25, 0.3) is 0 Å². The van der Waals surface area contributed by atoms with Gasteiger partial charge in [-0.2, -0.15) is 4.31 Å². The number of carbonyl (C=O) groups excluding carboxylic acids is 3. The van der Waals surface area contributed by atoms with E-state index in [1.165, 1.54) is 6.07 Å². The summed E-state index contributed by atoms with van der Waals surface area (Å²) in [4.78, 5) is 43.9. The summed E-state index contributed by atoms with van der Waals surface area (Å²) in [5.74, 6) is -1.53. The molecule has 1 unspecified atom stereocenters. The van der Waals surface area contributed by atoms with Crippen LogP contribution in [0.1, 0.15) is 24.5 Å². The highest BCUT2D eigenvalue weighted by Gasteiger charge is 2.43. The van der Waals surface area contributed by atoms with Gasteiger partial charge in [-0.15, -0.1) is 0 Å². The second-order valence-corrected chi connectivity index (χ2v) is 11.9. The Balaban J connectivity index is 1.33. The number of sulfonamides is 1. The molecule has 5 rings (SSSR count). The summed E-state index contributed by atoms with van der Waals surface area (Å²) in [6.07, 6.45) is 5.83. The van der Waals surface area contributed by atoms with Crippen molar-refractivity contribution in [3.05, 3.63) is 72.3 Å². The zero-order valence-corrected chi connectivity index (χ0v) is 24.0. The van der Waals surface area contributed by atoms with Crippen LogP contribution in [0.5, 0.6) is 11.5 Å². The molecule has 13 heteroatoms. The van der Waals surface area contributed by atoms with Crippen molar-refractivity contribution in [2.45, 2.75) is 49.7 Å². The summed E-state index contributed by atoms with van der Waals surface area (Å²) < 4.78 is 41.4. The molecule has 0 fully saturated rings. The molecule has 12 nitrogen and oxygen atoms in total. The number of ketones is 1. The van der Waals surface area contributed by atoms with Crippen molar-refractivity contribution >= 4 is 27.6 Å². The summed E-state index contributed by atoms with van der Waals surface area (Å²) >= 11 is 0. The molecule has 0 radical (unpaired) electrons. The number of hydrogen-bond acceptors (Lipinski definition) is 8. The van der Waals surface area contributed by atoms with Crippen LogP contribution in [0.3, 0.4) is 0 Å². The number of ether oxygens (including phenoxy) is 2. The van der Waals surface area contributed by atoms with Crippen molar-refractivity contribution in [2.24, 2.45) is 0 Å². The van der Waals surface area contributed by atoms with Crippen molar-refractivity contribution in [1.29, 1.82) is 0 Å². The van der Waals surface area contributed by atoms with E-state index in [2.05, 4.69) is 15.6 Å². The molecule has 3 aromatic rings. The lowest BCUT2D eigenvalue weighted by Crippen LogP contribution is -2.57. The molecule has 2 N–H and O–H groups in total. The van der Waals surface area contributed by atoms with E-state index in [4.69, 9.17) is 9.47 Å². The fourth-order valence-corrected chi connectivity index (χ4v) is 7.01. The molecule has 0 saturated heterocycles. The predicted octanol–water partition coefficient (Wildman–Crippen LogP) is 1.09. The molecule has 2 atom stereocenters. The Bertz CT molecular complexity index is 1540. The van der Waals surface area contributed by atoms with Gasteiger partial charge in [0.05, 0.1) is 11.2 Å². The number of aromatic nitrogens is 2. The third kappa shape index (κ3) is 6.31. The lowest BCUT2D eigenvalue weighted by molar-refractivity contribution is -0.140. The Kier molecular flexibility index (Phi) is 8.88. The van der Waals surface area contributed by atoms with Gasteiger partial charge in [0.2, 0.25) is 21.7 Å². The maximum Gasteiger partial charge on any atom is 0.289 e. The number of nitrogens with zero attached hydrogens (tertiary/aromatic N) is 3. The fraction of sp³-hybridized carbons (Fsp3) is 0.379. The first-order chi connectivity index (χ1) is 20.3. The number of Topliss-reactive ketones (excluding diaryl/α,β-unsaturated/α-hetero) is 1. The third-order valence-electron chi connectivity index (χ3n) is 7.26. The Morgan fingerprint density at radius 3 is 2.52 bits per heavy atom. The highest BCUT2D eigenvalue weighted by molar-refractivity contribution is 7.89. The topological polar surface area (TPSA) is 149 Å². The van der Waals surface area contributed by atoms with Crippen LogP contribution >= 0.6 is 0 Å². The maximum atomic E-state index is 13.7. The van der Waals surface area contributed by atoms with E-state index in [9.17, 15) is 22.8 Å². The van der Waals surface area contributed by atoms with Gasteiger partial charge in [0.15, 0.2) is 11.5 Å². The number of aryl methyl sites for hydroxylation is 1. The number of rotatable bonds is 11. The Morgan fingerprint density at radius 1 is 1.10 bits per heavy atom. The van der Waals surface area contributed by atoms with E-state index in [0.717, 1.165) is 9.87 Å². The second kappa shape index (κ2) is 12.7. The van der Waals surface area contributed by atoms with E-state index in [1.807, 2.05) is 10.6 Å². The summed E-state index contributed by atoms with van der Waals surface area (Å²) in [6, 6.07) is 9.71. The molecule has 0 aliphatic carbocycles. The van der Waals surface area contributed by atoms with E-state index in [1.54, 1.807) is 56.0 Å². The van der Waals surface area contributed by atoms with Crippen molar-refractivity contribution in [3.63, 3.8) is 0 Å². The smallest absolute Gasteiger partial charge is 0.289 e. The number of fused-ring (bicyclic) bond motifs is 2. The van der Waals surface area contributed by atoms with Gasteiger partial charge in [0.1, 0.15) is 25.3 Å². The lowest BCUT2D eigenvalue weighted by atomic mass is 9.99. The van der Waals surface area contributed by atoms with Crippen LogP contribution in [-0.4, -0.2) is 78.3 Å². The quantitative estimate of drug-likeness (QED) is 0.247. The number of likely N-dealkylation sites (N-methyl/N-ethyl adjacent to an activating group) is 1. The van der Waals surface area contributed by atoms with Crippen molar-refractivity contribution < 1.29 is 32.3 Å². The Hall–Kier alpha value is -4.23. The van der Waals surface area contributed by atoms with Gasteiger partial charge in [0.25, 0.3) is 5.91 Å². The normalized spacial score (nSPS) is 18.0. The average Bonchev–Trinajstić information content (AvgIpc) is 3.51. The van der Waals surface area contributed by atoms with Crippen LogP contribution in [0.15, 0.2) is 66.1 Å². The van der Waals surface area contributed by atoms with Gasteiger partial charge < -0.3 is 24.7 Å². The molecular formula is C29H33N5O7S. The zero-order chi connectivity index (χ0) is 29.7. The van der Waals surface area contributed by atoms with Gasteiger partial charge in [-0.25, -0.2) is 13.4 Å². The van der Waals surface area contributed by atoms with Gasteiger partial charge >= 0.3 is 0 Å². The highest BCUT2D eigenvalue weighted by atomic mass is 32.2. The molecule has 3 heterocycles. The Morgan fingerprint density at radius 2 is 1.83 bits per heavy atom. The number of nitrogens with one attached hydrogen (secondary N) is 2. The molecule has 2 amide bonds. The summed E-state index contributed by atoms with van der Waals surface area (Å²) in [7, 11) is -4.06. The maximum absolute atomic E-state index is 13.7. The average molecular weight is 596 g/mol. The Labute approximate surface area is 244 Å². The first-order valence-corrected chi connectivity index (χ1v) is 15.3. The van der Waals surface area contributed by atoms with Crippen molar-refractivity contribution in [3.8, 4) is 11.5 Å². The van der Waals surface area contributed by atoms with E-state index in [0.29, 0.717) is 43.2 Å². The molecule has 0 spiro atoms. The first kappa shape index (κ1) is 29.3. The number of amides is 2. The predicted molar refractivity (Wildman–Crippen MR) is 151 cm³/mol. The van der Waals surface area contributed by atoms with Gasteiger partial charge in [-0.05, 0) is 30.0 Å². The van der Waals surface area contributed by atoms with Crippen LogP contribution in [-0.2, 0) is 43.8 Å². The second-order valence-electron chi connectivity index (χ2n) is 10.1. The van der Waals surface area contributed by atoms with Crippen LogP contribution in [0.2, 0.25) is 0 Å². The van der Waals surface area contributed by atoms with Crippen molar-refractivity contribution in [1.82, 2.24) is 24.5 Å². The van der Waals surface area contributed by atoms with Crippen LogP contribution in [0, 0.1) is 0 Å². The van der Waals surface area contributed by atoms with E-state index < -0.39 is 39.7 Å². The van der Waals surface area contributed by atoms with Crippen LogP contribution in [0.4, 0.5) is 0 Å². The summed E-state index contributed by atoms with van der Waals surface area (Å²) in [6.45, 7) is 3.19. The number of imidazole rings is 1. The minimum Gasteiger partial charge on any atom is -0.486 e. The molecule has 2 aliphatic heterocycles. The number of hydrogen-bond donors (Lipinski definition) is 2. The molecule has 0 saturated carbocycles. The molecule has 1 aromatic heterocycles. The highest BCUT2D eigenvalue weighted by Crippen LogP contribution is 2.39. The van der Waals surface area contributed by atoms with Crippen molar-refractivity contribution in [2.75, 3.05) is 26.3 Å². The minimum atomic E-state index is -4.06. The molecule has 222 valence electrons. The number of benzene rings is 2. The van der Waals surface area contributed by atoms with Gasteiger partial charge in [-0.3, -0.25) is 14.4 Å². The van der Waals surface area contributed by atoms with Gasteiger partial charge in [-0.1, -0.05) is 37.3 Å². The summed E-state index contributed by atoms with van der Waals surface area (Å²) in [5, 5.41) is 5.33. The zero-order valence-electron chi connectivity index (χ0n) is 23.2. The molecule has 2 aliphatic rings. The fourth-order valence-electron chi connectivity index (χ4n) is 5.18. The monoisotopic (exact) mass is 595 g/mol. The van der Waals surface area contributed by atoms with Gasteiger partial charge in [0, 0.05) is 44.5 Å². The third-order valence-corrected chi connectivity index (χ3v) is 9.33. The lowest BCUT2D eigenvalue weighted by Gasteiger charge is -2.35. The molecule has 42 heavy (non-hydrogen) atoms. The molecule has 0 bridgehead atoms. The largest absolute Gasteiger partial charge is 0.486 e. The van der Waals surface area contributed by atoms with E-state index in [-0.39, 0.29) is 30.8 Å². The minimum absolute atomic E-state index is 0.0308. The SMILES string of the molecule is CCN1C(C(=O)N[C@@H](Cc2ccccc2)C(=O)C(=O)NCCCn2ccnc2)Cc2cc3c(cc2S1(=O)=O)OCCO3. The van der Waals surface area contributed by atoms with Crippen LogP contribution < -0.4 is 20.1 Å². The molecule has 2 aromatic carbocycles.